The van der Waals surface area contributed by atoms with Crippen molar-refractivity contribution in [1.29, 1.82) is 0 Å². The maximum atomic E-state index is 12.3. The minimum Gasteiger partial charge on any atom is -0.294 e. The Morgan fingerprint density at radius 1 is 1.09 bits per heavy atom. The summed E-state index contributed by atoms with van der Waals surface area (Å²) in [5.41, 5.74) is 1.67. The van der Waals surface area contributed by atoms with Crippen LogP contribution >= 0.6 is 0 Å². The van der Waals surface area contributed by atoms with E-state index >= 15 is 0 Å². The van der Waals surface area contributed by atoms with Crippen LogP contribution in [0.3, 0.4) is 0 Å². The molecule has 0 radical (unpaired) electrons. The maximum Gasteiger partial charge on any atom is 0.264 e. The van der Waals surface area contributed by atoms with E-state index in [4.69, 9.17) is 0 Å². The van der Waals surface area contributed by atoms with Gasteiger partial charge in [0.1, 0.15) is 0 Å². The molecule has 0 aliphatic heterocycles. The highest BCUT2D eigenvalue weighted by Gasteiger charge is 2.24. The standard InChI is InChI=1S/C15H15N3O3S/c1-10-14-12(8-5-9-13(14)19)17-15(16-10)18-22(20,21)11-6-3-2-4-7-11/h2-4,6-7H,5,8-9H2,1H3,(H,16,17,18). The molecule has 7 heteroatoms. The molecular formula is C15H15N3O3S. The fraction of sp³-hybridized carbons (Fsp3) is 0.267. The number of sulfonamides is 1. The Morgan fingerprint density at radius 2 is 1.82 bits per heavy atom. The summed E-state index contributed by atoms with van der Waals surface area (Å²) in [6, 6.07) is 8.02. The zero-order chi connectivity index (χ0) is 15.7. The van der Waals surface area contributed by atoms with E-state index in [1.807, 2.05) is 0 Å². The number of fused-ring (bicyclic) bond motifs is 1. The van der Waals surface area contributed by atoms with Crippen LogP contribution in [0.1, 0.15) is 34.6 Å². The second-order valence-corrected chi connectivity index (χ2v) is 6.83. The molecule has 1 aliphatic rings. The zero-order valence-electron chi connectivity index (χ0n) is 12.0. The number of anilines is 1. The van der Waals surface area contributed by atoms with E-state index in [1.165, 1.54) is 12.1 Å². The lowest BCUT2D eigenvalue weighted by Crippen LogP contribution is -2.20. The Morgan fingerprint density at radius 3 is 2.55 bits per heavy atom. The second-order valence-electron chi connectivity index (χ2n) is 5.15. The van der Waals surface area contributed by atoms with Crippen molar-refractivity contribution < 1.29 is 13.2 Å². The normalized spacial score (nSPS) is 14.5. The van der Waals surface area contributed by atoms with Crippen molar-refractivity contribution >= 4 is 21.8 Å². The number of aromatic nitrogens is 2. The van der Waals surface area contributed by atoms with Crippen LogP contribution in [0.5, 0.6) is 0 Å². The van der Waals surface area contributed by atoms with E-state index in [2.05, 4.69) is 14.7 Å². The van der Waals surface area contributed by atoms with Gasteiger partial charge >= 0.3 is 0 Å². The Labute approximate surface area is 128 Å². The topological polar surface area (TPSA) is 89.0 Å². The minimum atomic E-state index is -3.73. The van der Waals surface area contributed by atoms with Gasteiger partial charge in [-0.05, 0) is 31.9 Å². The van der Waals surface area contributed by atoms with Crippen LogP contribution in [-0.2, 0) is 16.4 Å². The number of nitrogens with one attached hydrogen (secondary N) is 1. The molecule has 1 aromatic carbocycles. The molecule has 22 heavy (non-hydrogen) atoms. The number of ketones is 1. The van der Waals surface area contributed by atoms with Crippen LogP contribution < -0.4 is 4.72 Å². The van der Waals surface area contributed by atoms with Gasteiger partial charge in [-0.15, -0.1) is 0 Å². The number of hydrogen-bond acceptors (Lipinski definition) is 5. The molecule has 1 heterocycles. The zero-order valence-corrected chi connectivity index (χ0v) is 12.9. The molecule has 0 unspecified atom stereocenters. The first kappa shape index (κ1) is 14.6. The van der Waals surface area contributed by atoms with Gasteiger partial charge in [-0.2, -0.15) is 0 Å². The van der Waals surface area contributed by atoms with Gasteiger partial charge in [-0.1, -0.05) is 18.2 Å². The molecule has 0 spiro atoms. The summed E-state index contributed by atoms with van der Waals surface area (Å²) in [7, 11) is -3.73. The van der Waals surface area contributed by atoms with E-state index < -0.39 is 10.0 Å². The molecule has 1 N–H and O–H groups in total. The Bertz CT molecular complexity index is 833. The molecule has 0 amide bonds. The van der Waals surface area contributed by atoms with Gasteiger partial charge in [0, 0.05) is 6.42 Å². The highest BCUT2D eigenvalue weighted by atomic mass is 32.2. The lowest BCUT2D eigenvalue weighted by molar-refractivity contribution is 0.0970. The van der Waals surface area contributed by atoms with E-state index in [-0.39, 0.29) is 16.6 Å². The third-order valence-corrected chi connectivity index (χ3v) is 4.88. The van der Waals surface area contributed by atoms with Crippen molar-refractivity contribution in [3.8, 4) is 0 Å². The van der Waals surface area contributed by atoms with Crippen LogP contribution in [0.4, 0.5) is 5.95 Å². The molecule has 1 aromatic heterocycles. The van der Waals surface area contributed by atoms with Gasteiger partial charge in [0.15, 0.2) is 5.78 Å². The summed E-state index contributed by atoms with van der Waals surface area (Å²) in [5.74, 6) is 0.0334. The Kier molecular flexibility index (Phi) is 3.66. The molecule has 0 saturated carbocycles. The molecule has 0 fully saturated rings. The van der Waals surface area contributed by atoms with Crippen LogP contribution in [0, 0.1) is 6.92 Å². The maximum absolute atomic E-state index is 12.3. The predicted octanol–water partition coefficient (Wildman–Crippen LogP) is 2.10. The summed E-state index contributed by atoms with van der Waals surface area (Å²) in [4.78, 5) is 20.4. The van der Waals surface area contributed by atoms with E-state index in [0.29, 0.717) is 29.8 Å². The van der Waals surface area contributed by atoms with Crippen LogP contribution in [0.15, 0.2) is 35.2 Å². The summed E-state index contributed by atoms with van der Waals surface area (Å²) < 4.78 is 27.0. The van der Waals surface area contributed by atoms with Crippen LogP contribution in [-0.4, -0.2) is 24.2 Å². The van der Waals surface area contributed by atoms with Crippen LogP contribution in [0.25, 0.3) is 0 Å². The first-order valence-electron chi connectivity index (χ1n) is 6.96. The molecule has 0 atom stereocenters. The fourth-order valence-electron chi connectivity index (χ4n) is 2.54. The lowest BCUT2D eigenvalue weighted by Gasteiger charge is -2.17. The van der Waals surface area contributed by atoms with Crippen molar-refractivity contribution in [2.24, 2.45) is 0 Å². The van der Waals surface area contributed by atoms with Gasteiger partial charge in [0.05, 0.1) is 21.8 Å². The minimum absolute atomic E-state index is 0.00908. The van der Waals surface area contributed by atoms with Crippen molar-refractivity contribution in [2.75, 3.05) is 4.72 Å². The highest BCUT2D eigenvalue weighted by Crippen LogP contribution is 2.23. The summed E-state index contributed by atoms with van der Waals surface area (Å²) in [5, 5.41) is 0. The second kappa shape index (κ2) is 5.49. The molecule has 3 rings (SSSR count). The SMILES string of the molecule is Cc1nc(NS(=O)(=O)c2ccccc2)nc2c1C(=O)CCC2. The summed E-state index contributed by atoms with van der Waals surface area (Å²) in [6.45, 7) is 1.70. The van der Waals surface area contributed by atoms with E-state index in [0.717, 1.165) is 6.42 Å². The smallest absolute Gasteiger partial charge is 0.264 e. The Hall–Kier alpha value is -2.28. The van der Waals surface area contributed by atoms with E-state index in [1.54, 1.807) is 25.1 Å². The number of carbonyl (C=O) groups is 1. The average molecular weight is 317 g/mol. The number of nitrogens with zero attached hydrogens (tertiary/aromatic N) is 2. The summed E-state index contributed by atoms with van der Waals surface area (Å²) >= 11 is 0. The van der Waals surface area contributed by atoms with Gasteiger partial charge in [0.2, 0.25) is 5.95 Å². The van der Waals surface area contributed by atoms with Crippen molar-refractivity contribution in [3.63, 3.8) is 0 Å². The molecule has 0 bridgehead atoms. The third-order valence-electron chi connectivity index (χ3n) is 3.54. The highest BCUT2D eigenvalue weighted by molar-refractivity contribution is 7.92. The molecule has 0 saturated heterocycles. The quantitative estimate of drug-likeness (QED) is 0.936. The third kappa shape index (κ3) is 2.71. The van der Waals surface area contributed by atoms with Crippen molar-refractivity contribution in [2.45, 2.75) is 31.1 Å². The number of hydrogen-bond donors (Lipinski definition) is 1. The number of Topliss-reactive ketones (excluding diaryl/α,β-unsaturated/α-hetero) is 1. The number of carbonyl (C=O) groups excluding carboxylic acids is 1. The summed E-state index contributed by atoms with van der Waals surface area (Å²) in [6.07, 6.45) is 1.88. The largest absolute Gasteiger partial charge is 0.294 e. The average Bonchev–Trinajstić information content (AvgIpc) is 2.47. The van der Waals surface area contributed by atoms with Gasteiger partial charge < -0.3 is 0 Å². The van der Waals surface area contributed by atoms with Gasteiger partial charge in [0.25, 0.3) is 10.0 Å². The van der Waals surface area contributed by atoms with Crippen molar-refractivity contribution in [3.05, 3.63) is 47.3 Å². The molecule has 6 nitrogen and oxygen atoms in total. The molecule has 2 aromatic rings. The number of benzene rings is 1. The van der Waals surface area contributed by atoms with E-state index in [9.17, 15) is 13.2 Å². The van der Waals surface area contributed by atoms with Gasteiger partial charge in [-0.25, -0.2) is 23.1 Å². The number of rotatable bonds is 3. The predicted molar refractivity (Wildman–Crippen MR) is 81.3 cm³/mol. The lowest BCUT2D eigenvalue weighted by atomic mass is 9.94. The van der Waals surface area contributed by atoms with Gasteiger partial charge in [-0.3, -0.25) is 4.79 Å². The number of aryl methyl sites for hydroxylation is 2. The Balaban J connectivity index is 1.97. The molecular weight excluding hydrogens is 302 g/mol. The van der Waals surface area contributed by atoms with Crippen molar-refractivity contribution in [1.82, 2.24) is 9.97 Å². The first-order chi connectivity index (χ1) is 10.5. The molecule has 114 valence electrons. The monoisotopic (exact) mass is 317 g/mol. The molecule has 1 aliphatic carbocycles. The fourth-order valence-corrected chi connectivity index (χ4v) is 3.51. The van der Waals surface area contributed by atoms with Crippen LogP contribution in [0.2, 0.25) is 0 Å². The first-order valence-corrected chi connectivity index (χ1v) is 8.44.